The van der Waals surface area contributed by atoms with E-state index in [0.29, 0.717) is 17.1 Å². The molecular formula is C19H17N3O. The number of imidazole rings is 1. The molecule has 3 aromatic rings. The number of nitriles is 1. The third-order valence-electron chi connectivity index (χ3n) is 3.97. The summed E-state index contributed by atoms with van der Waals surface area (Å²) in [5.74, 6) is 0.931. The molecule has 114 valence electrons. The lowest BCUT2D eigenvalue weighted by molar-refractivity contribution is 0.467. The molecule has 1 heterocycles. The highest BCUT2D eigenvalue weighted by atomic mass is 16.3. The van der Waals surface area contributed by atoms with Gasteiger partial charge in [0.05, 0.1) is 16.6 Å². The maximum Gasteiger partial charge on any atom is 0.151 e. The van der Waals surface area contributed by atoms with Gasteiger partial charge in [-0.2, -0.15) is 5.26 Å². The number of benzene rings is 2. The van der Waals surface area contributed by atoms with Crippen LogP contribution in [-0.2, 0) is 7.05 Å². The molecule has 0 saturated heterocycles. The summed E-state index contributed by atoms with van der Waals surface area (Å²) in [5.41, 5.74) is 4.80. The van der Waals surface area contributed by atoms with Crippen LogP contribution in [0, 0.1) is 25.2 Å². The summed E-state index contributed by atoms with van der Waals surface area (Å²) in [4.78, 5) is 4.56. The zero-order chi connectivity index (χ0) is 16.6. The topological polar surface area (TPSA) is 61.8 Å². The Bertz CT molecular complexity index is 951. The van der Waals surface area contributed by atoms with Crippen molar-refractivity contribution in [3.05, 3.63) is 58.9 Å². The van der Waals surface area contributed by atoms with Gasteiger partial charge in [-0.15, -0.1) is 0 Å². The van der Waals surface area contributed by atoms with Gasteiger partial charge in [-0.3, -0.25) is 0 Å². The van der Waals surface area contributed by atoms with Gasteiger partial charge in [0.15, 0.2) is 5.82 Å². The summed E-state index contributed by atoms with van der Waals surface area (Å²) in [5, 5.41) is 19.4. The summed E-state index contributed by atoms with van der Waals surface area (Å²) in [7, 11) is 1.91. The van der Waals surface area contributed by atoms with Crippen molar-refractivity contribution < 1.29 is 5.11 Å². The van der Waals surface area contributed by atoms with E-state index in [9.17, 15) is 10.4 Å². The number of aromatic hydroxyl groups is 1. The molecule has 0 amide bonds. The first kappa shape index (κ1) is 14.9. The van der Waals surface area contributed by atoms with Crippen LogP contribution in [0.5, 0.6) is 5.75 Å². The SMILES string of the molecule is Cc1cc(/C=C(/C#N)c2nc3ccccc3n2C)cc(C)c1O. The third kappa shape index (κ3) is 2.58. The molecule has 3 rings (SSSR count). The Morgan fingerprint density at radius 3 is 2.48 bits per heavy atom. The largest absolute Gasteiger partial charge is 0.507 e. The molecule has 2 aromatic carbocycles. The zero-order valence-electron chi connectivity index (χ0n) is 13.3. The molecule has 23 heavy (non-hydrogen) atoms. The van der Waals surface area contributed by atoms with Crippen LogP contribution in [0.3, 0.4) is 0 Å². The second-order valence-corrected chi connectivity index (χ2v) is 5.66. The number of para-hydroxylation sites is 2. The van der Waals surface area contributed by atoms with Crippen LogP contribution in [0.25, 0.3) is 22.7 Å². The molecule has 4 nitrogen and oxygen atoms in total. The smallest absolute Gasteiger partial charge is 0.151 e. The lowest BCUT2D eigenvalue weighted by Crippen LogP contribution is -1.96. The fourth-order valence-corrected chi connectivity index (χ4v) is 2.77. The standard InChI is InChI=1S/C19H17N3O/c1-12-8-14(9-13(2)18(12)23)10-15(11-20)19-21-16-6-4-5-7-17(16)22(19)3/h4-10,23H,1-3H3/b15-10-. The molecule has 0 atom stereocenters. The van der Waals surface area contributed by atoms with Gasteiger partial charge in [-0.05, 0) is 60.9 Å². The molecule has 0 saturated carbocycles. The lowest BCUT2D eigenvalue weighted by atomic mass is 10.0. The van der Waals surface area contributed by atoms with Crippen molar-refractivity contribution in [3.63, 3.8) is 0 Å². The zero-order valence-corrected chi connectivity index (χ0v) is 13.3. The molecule has 1 N–H and O–H groups in total. The third-order valence-corrected chi connectivity index (χ3v) is 3.97. The van der Waals surface area contributed by atoms with Gasteiger partial charge in [0.1, 0.15) is 11.8 Å². The molecule has 0 aliphatic carbocycles. The summed E-state index contributed by atoms with van der Waals surface area (Å²) in [6, 6.07) is 13.8. The van der Waals surface area contributed by atoms with Gasteiger partial charge in [0.2, 0.25) is 0 Å². The number of aryl methyl sites for hydroxylation is 3. The monoisotopic (exact) mass is 303 g/mol. The molecule has 0 aliphatic rings. The van der Waals surface area contributed by atoms with Crippen LogP contribution < -0.4 is 0 Å². The Hall–Kier alpha value is -3.06. The average molecular weight is 303 g/mol. The van der Waals surface area contributed by atoms with Crippen molar-refractivity contribution in [2.24, 2.45) is 7.05 Å². The maximum absolute atomic E-state index is 9.88. The highest BCUT2D eigenvalue weighted by Crippen LogP contribution is 2.26. The highest BCUT2D eigenvalue weighted by Gasteiger charge is 2.12. The summed E-state index contributed by atoms with van der Waals surface area (Å²) in [6.07, 6.45) is 1.81. The number of phenols is 1. The molecule has 0 aliphatic heterocycles. The van der Waals surface area contributed by atoms with E-state index < -0.39 is 0 Å². The van der Waals surface area contributed by atoms with Crippen LogP contribution in [0.1, 0.15) is 22.5 Å². The van der Waals surface area contributed by atoms with E-state index >= 15 is 0 Å². The number of hydrogen-bond donors (Lipinski definition) is 1. The number of nitrogens with zero attached hydrogens (tertiary/aromatic N) is 3. The van der Waals surface area contributed by atoms with Crippen molar-refractivity contribution >= 4 is 22.7 Å². The van der Waals surface area contributed by atoms with Gasteiger partial charge in [0, 0.05) is 7.05 Å². The van der Waals surface area contributed by atoms with E-state index in [1.165, 1.54) is 0 Å². The van der Waals surface area contributed by atoms with E-state index in [0.717, 1.165) is 27.7 Å². The summed E-state index contributed by atoms with van der Waals surface area (Å²) < 4.78 is 1.92. The number of allylic oxidation sites excluding steroid dienone is 1. The first-order valence-corrected chi connectivity index (χ1v) is 7.35. The molecule has 0 spiro atoms. The average Bonchev–Trinajstić information content (AvgIpc) is 2.87. The van der Waals surface area contributed by atoms with E-state index in [4.69, 9.17) is 0 Å². The summed E-state index contributed by atoms with van der Waals surface area (Å²) >= 11 is 0. The number of aromatic nitrogens is 2. The Balaban J connectivity index is 2.15. The van der Waals surface area contributed by atoms with Gasteiger partial charge in [-0.25, -0.2) is 4.98 Å². The van der Waals surface area contributed by atoms with Gasteiger partial charge >= 0.3 is 0 Å². The van der Waals surface area contributed by atoms with E-state index in [1.54, 1.807) is 6.08 Å². The van der Waals surface area contributed by atoms with Crippen molar-refractivity contribution in [1.82, 2.24) is 9.55 Å². The second kappa shape index (κ2) is 5.62. The number of phenolic OH excluding ortho intramolecular Hbond substituents is 1. The quantitative estimate of drug-likeness (QED) is 0.729. The first-order chi connectivity index (χ1) is 11.0. The normalized spacial score (nSPS) is 11.7. The van der Waals surface area contributed by atoms with Crippen LogP contribution in [0.15, 0.2) is 36.4 Å². The Labute approximate surface area is 134 Å². The molecule has 0 fully saturated rings. The molecular weight excluding hydrogens is 286 g/mol. The first-order valence-electron chi connectivity index (χ1n) is 7.35. The Morgan fingerprint density at radius 2 is 1.87 bits per heavy atom. The minimum absolute atomic E-state index is 0.295. The van der Waals surface area contributed by atoms with Gasteiger partial charge in [0.25, 0.3) is 0 Å². The number of fused-ring (bicyclic) bond motifs is 1. The molecule has 0 radical (unpaired) electrons. The van der Waals surface area contributed by atoms with Gasteiger partial charge in [-0.1, -0.05) is 12.1 Å². The molecule has 0 bridgehead atoms. The predicted octanol–water partition coefficient (Wildman–Crippen LogP) is 3.96. The minimum Gasteiger partial charge on any atom is -0.507 e. The summed E-state index contributed by atoms with van der Waals surface area (Å²) in [6.45, 7) is 3.70. The molecule has 1 aromatic heterocycles. The Kier molecular flexibility index (Phi) is 3.63. The number of hydrogen-bond acceptors (Lipinski definition) is 3. The highest BCUT2D eigenvalue weighted by molar-refractivity contribution is 5.91. The van der Waals surface area contributed by atoms with E-state index in [2.05, 4.69) is 11.1 Å². The van der Waals surface area contributed by atoms with E-state index in [1.807, 2.05) is 61.9 Å². The Morgan fingerprint density at radius 1 is 1.22 bits per heavy atom. The van der Waals surface area contributed by atoms with Crippen molar-refractivity contribution in [1.29, 1.82) is 5.26 Å². The van der Waals surface area contributed by atoms with Crippen molar-refractivity contribution in [3.8, 4) is 11.8 Å². The van der Waals surface area contributed by atoms with Gasteiger partial charge < -0.3 is 9.67 Å². The predicted molar refractivity (Wildman–Crippen MR) is 91.8 cm³/mol. The fourth-order valence-electron chi connectivity index (χ4n) is 2.77. The van der Waals surface area contributed by atoms with E-state index in [-0.39, 0.29) is 0 Å². The fraction of sp³-hybridized carbons (Fsp3) is 0.158. The van der Waals surface area contributed by atoms with Crippen molar-refractivity contribution in [2.75, 3.05) is 0 Å². The minimum atomic E-state index is 0.295. The molecule has 0 unspecified atom stereocenters. The number of rotatable bonds is 2. The maximum atomic E-state index is 9.88. The van der Waals surface area contributed by atoms with Crippen molar-refractivity contribution in [2.45, 2.75) is 13.8 Å². The second-order valence-electron chi connectivity index (χ2n) is 5.66. The molecule has 4 heteroatoms. The van der Waals surface area contributed by atoms with Crippen LogP contribution in [0.2, 0.25) is 0 Å². The lowest BCUT2D eigenvalue weighted by Gasteiger charge is -2.06. The van der Waals surface area contributed by atoms with Crippen LogP contribution >= 0.6 is 0 Å². The van der Waals surface area contributed by atoms with Crippen LogP contribution in [-0.4, -0.2) is 14.7 Å². The van der Waals surface area contributed by atoms with Crippen LogP contribution in [0.4, 0.5) is 0 Å².